The first-order chi connectivity index (χ1) is 8.16. The Kier molecular flexibility index (Phi) is 3.49. The van der Waals surface area contributed by atoms with Gasteiger partial charge in [0.1, 0.15) is 0 Å². The van der Waals surface area contributed by atoms with E-state index in [0.29, 0.717) is 4.88 Å². The molecule has 0 radical (unpaired) electrons. The molecule has 5 heteroatoms. The molecule has 17 heavy (non-hydrogen) atoms. The molecule has 0 aliphatic heterocycles. The fraction of sp³-hybridized carbons (Fsp3) is 0.250. The summed E-state index contributed by atoms with van der Waals surface area (Å²) in [5.74, 6) is 0.0612. The van der Waals surface area contributed by atoms with E-state index < -0.39 is 0 Å². The van der Waals surface area contributed by atoms with Gasteiger partial charge in [0, 0.05) is 32.9 Å². The van der Waals surface area contributed by atoms with Gasteiger partial charge in [0.2, 0.25) is 0 Å². The van der Waals surface area contributed by atoms with Crippen LogP contribution in [0.1, 0.15) is 22.2 Å². The first-order valence-electron chi connectivity index (χ1n) is 5.23. The molecular formula is C12H13N3OS. The maximum absolute atomic E-state index is 11.2. The Labute approximate surface area is 104 Å². The predicted molar refractivity (Wildman–Crippen MR) is 68.5 cm³/mol. The summed E-state index contributed by atoms with van der Waals surface area (Å²) >= 11 is 1.42. The zero-order valence-corrected chi connectivity index (χ0v) is 10.6. The summed E-state index contributed by atoms with van der Waals surface area (Å²) in [6, 6.07) is 3.94. The summed E-state index contributed by atoms with van der Waals surface area (Å²) in [5, 5.41) is 0.854. The minimum atomic E-state index is 0.0612. The second-order valence-corrected chi connectivity index (χ2v) is 4.78. The Balaban J connectivity index is 2.09. The smallest absolute Gasteiger partial charge is 0.185 e. The molecule has 0 amide bonds. The molecule has 2 aromatic rings. The molecule has 0 atom stereocenters. The lowest BCUT2D eigenvalue weighted by atomic mass is 10.2. The molecule has 0 aliphatic carbocycles. The molecule has 2 aromatic heterocycles. The Hall–Kier alpha value is -1.75. The van der Waals surface area contributed by atoms with Crippen LogP contribution < -0.4 is 4.90 Å². The van der Waals surface area contributed by atoms with E-state index in [-0.39, 0.29) is 5.78 Å². The SMILES string of the molecule is CC(=O)c1cnc(N(C)Cc2ccncc2)s1. The van der Waals surface area contributed by atoms with Crippen molar-refractivity contribution >= 4 is 22.3 Å². The van der Waals surface area contributed by atoms with Crippen molar-refractivity contribution in [3.05, 3.63) is 41.2 Å². The highest BCUT2D eigenvalue weighted by atomic mass is 32.1. The molecule has 88 valence electrons. The van der Waals surface area contributed by atoms with Gasteiger partial charge in [0.25, 0.3) is 0 Å². The lowest BCUT2D eigenvalue weighted by Crippen LogP contribution is -2.15. The molecule has 2 rings (SSSR count). The normalized spacial score (nSPS) is 10.2. The quantitative estimate of drug-likeness (QED) is 0.778. The number of carbonyl (C=O) groups excluding carboxylic acids is 1. The fourth-order valence-electron chi connectivity index (χ4n) is 1.43. The number of carbonyl (C=O) groups is 1. The highest BCUT2D eigenvalue weighted by Gasteiger charge is 2.09. The Morgan fingerprint density at radius 3 is 2.71 bits per heavy atom. The van der Waals surface area contributed by atoms with Gasteiger partial charge in [0.15, 0.2) is 10.9 Å². The molecule has 0 aliphatic rings. The van der Waals surface area contributed by atoms with Gasteiger partial charge in [-0.25, -0.2) is 4.98 Å². The van der Waals surface area contributed by atoms with Crippen molar-refractivity contribution < 1.29 is 4.79 Å². The summed E-state index contributed by atoms with van der Waals surface area (Å²) in [7, 11) is 1.96. The standard InChI is InChI=1S/C12H13N3OS/c1-9(16)11-7-14-12(17-11)15(2)8-10-3-5-13-6-4-10/h3-7H,8H2,1-2H3. The van der Waals surface area contributed by atoms with Gasteiger partial charge >= 0.3 is 0 Å². The van der Waals surface area contributed by atoms with E-state index in [1.165, 1.54) is 16.9 Å². The molecule has 0 saturated heterocycles. The number of ketones is 1. The number of nitrogens with zero attached hydrogens (tertiary/aromatic N) is 3. The van der Waals surface area contributed by atoms with E-state index in [1.807, 2.05) is 24.1 Å². The Bertz CT molecular complexity index is 509. The average Bonchev–Trinajstić information content (AvgIpc) is 2.79. The van der Waals surface area contributed by atoms with Gasteiger partial charge in [-0.15, -0.1) is 0 Å². The first-order valence-corrected chi connectivity index (χ1v) is 6.05. The van der Waals surface area contributed by atoms with Crippen LogP contribution in [-0.2, 0) is 6.54 Å². The van der Waals surface area contributed by atoms with Crippen LogP contribution in [-0.4, -0.2) is 22.8 Å². The Morgan fingerprint density at radius 2 is 2.12 bits per heavy atom. The van der Waals surface area contributed by atoms with E-state index >= 15 is 0 Å². The van der Waals surface area contributed by atoms with Crippen LogP contribution in [0.5, 0.6) is 0 Å². The average molecular weight is 247 g/mol. The predicted octanol–water partition coefficient (Wildman–Crippen LogP) is 2.38. The minimum absolute atomic E-state index is 0.0612. The highest BCUT2D eigenvalue weighted by Crippen LogP contribution is 2.22. The van der Waals surface area contributed by atoms with Crippen molar-refractivity contribution in [1.29, 1.82) is 0 Å². The largest absolute Gasteiger partial charge is 0.347 e. The topological polar surface area (TPSA) is 46.1 Å². The van der Waals surface area contributed by atoms with Crippen LogP contribution in [0.3, 0.4) is 0 Å². The third-order valence-corrected chi connectivity index (χ3v) is 3.55. The number of pyridine rings is 1. The van der Waals surface area contributed by atoms with Crippen molar-refractivity contribution in [1.82, 2.24) is 9.97 Å². The van der Waals surface area contributed by atoms with Crippen molar-refractivity contribution in [2.75, 3.05) is 11.9 Å². The number of hydrogen-bond donors (Lipinski definition) is 0. The summed E-state index contributed by atoms with van der Waals surface area (Å²) in [4.78, 5) is 22.1. The molecule has 0 unspecified atom stereocenters. The maximum Gasteiger partial charge on any atom is 0.185 e. The van der Waals surface area contributed by atoms with Crippen molar-refractivity contribution in [2.45, 2.75) is 13.5 Å². The second kappa shape index (κ2) is 5.05. The highest BCUT2D eigenvalue weighted by molar-refractivity contribution is 7.17. The monoisotopic (exact) mass is 247 g/mol. The van der Waals surface area contributed by atoms with E-state index in [2.05, 4.69) is 9.97 Å². The van der Waals surface area contributed by atoms with Crippen LogP contribution in [0, 0.1) is 0 Å². The zero-order valence-electron chi connectivity index (χ0n) is 9.75. The van der Waals surface area contributed by atoms with E-state index in [0.717, 1.165) is 11.7 Å². The first kappa shape index (κ1) is 11.7. The van der Waals surface area contributed by atoms with Gasteiger partial charge in [-0.1, -0.05) is 11.3 Å². The summed E-state index contributed by atoms with van der Waals surface area (Å²) in [6.45, 7) is 2.31. The Morgan fingerprint density at radius 1 is 1.41 bits per heavy atom. The zero-order chi connectivity index (χ0) is 12.3. The number of aromatic nitrogens is 2. The molecule has 0 bridgehead atoms. The minimum Gasteiger partial charge on any atom is -0.347 e. The summed E-state index contributed by atoms with van der Waals surface area (Å²) < 4.78 is 0. The second-order valence-electron chi connectivity index (χ2n) is 3.77. The molecule has 0 fully saturated rings. The lowest BCUT2D eigenvalue weighted by Gasteiger charge is -2.15. The van der Waals surface area contributed by atoms with Crippen LogP contribution in [0.4, 0.5) is 5.13 Å². The number of thiazole rings is 1. The van der Waals surface area contributed by atoms with Crippen molar-refractivity contribution in [3.63, 3.8) is 0 Å². The van der Waals surface area contributed by atoms with Crippen LogP contribution in [0.25, 0.3) is 0 Å². The van der Waals surface area contributed by atoms with Gasteiger partial charge in [-0.2, -0.15) is 0 Å². The van der Waals surface area contributed by atoms with Crippen molar-refractivity contribution in [3.8, 4) is 0 Å². The van der Waals surface area contributed by atoms with Gasteiger partial charge < -0.3 is 4.90 Å². The van der Waals surface area contributed by atoms with Crippen molar-refractivity contribution in [2.24, 2.45) is 0 Å². The summed E-state index contributed by atoms with van der Waals surface area (Å²) in [6.07, 6.45) is 5.17. The summed E-state index contributed by atoms with van der Waals surface area (Å²) in [5.41, 5.74) is 1.17. The maximum atomic E-state index is 11.2. The lowest BCUT2D eigenvalue weighted by molar-refractivity contribution is 0.102. The van der Waals surface area contributed by atoms with Crippen LogP contribution in [0.15, 0.2) is 30.7 Å². The van der Waals surface area contributed by atoms with Gasteiger partial charge in [-0.05, 0) is 17.7 Å². The molecule has 0 saturated carbocycles. The number of anilines is 1. The van der Waals surface area contributed by atoms with Gasteiger partial charge in [-0.3, -0.25) is 9.78 Å². The number of Topliss-reactive ketones (excluding diaryl/α,β-unsaturated/α-hetero) is 1. The molecule has 0 aromatic carbocycles. The van der Waals surface area contributed by atoms with E-state index in [1.54, 1.807) is 25.5 Å². The third kappa shape index (κ3) is 2.88. The van der Waals surface area contributed by atoms with E-state index in [9.17, 15) is 4.79 Å². The molecule has 0 spiro atoms. The van der Waals surface area contributed by atoms with Gasteiger partial charge in [0.05, 0.1) is 11.1 Å². The number of hydrogen-bond acceptors (Lipinski definition) is 5. The molecule has 0 N–H and O–H groups in total. The fourth-order valence-corrected chi connectivity index (χ4v) is 2.21. The van der Waals surface area contributed by atoms with Crippen LogP contribution in [0.2, 0.25) is 0 Å². The van der Waals surface area contributed by atoms with E-state index in [4.69, 9.17) is 0 Å². The molecule has 2 heterocycles. The van der Waals surface area contributed by atoms with Crippen LogP contribution >= 0.6 is 11.3 Å². The number of rotatable bonds is 4. The molecule has 4 nitrogen and oxygen atoms in total. The molecular weight excluding hydrogens is 234 g/mol. The third-order valence-electron chi connectivity index (χ3n) is 2.34.